The predicted octanol–water partition coefficient (Wildman–Crippen LogP) is 4.77. The van der Waals surface area contributed by atoms with Crippen molar-refractivity contribution in [2.24, 2.45) is 0 Å². The molecule has 2 heterocycles. The zero-order valence-corrected chi connectivity index (χ0v) is 19.0. The second-order valence-corrected chi connectivity index (χ2v) is 8.04. The van der Waals surface area contributed by atoms with Gasteiger partial charge in [0.15, 0.2) is 5.13 Å². The standard InChI is InChI=1S/C23H20N4O5S/c1-14-16(8-6-9-17(14)27(29)30)22(28)26(13-15-7-4-5-12-24-15)23-25-20-18(31-2)10-11-19(32-3)21(20)33-23/h4-12H,13H2,1-3H3. The molecule has 0 fully saturated rings. The molecular weight excluding hydrogens is 444 g/mol. The first-order chi connectivity index (χ1) is 15.9. The summed E-state index contributed by atoms with van der Waals surface area (Å²) >= 11 is 1.27. The Morgan fingerprint density at radius 2 is 1.85 bits per heavy atom. The number of hydrogen-bond acceptors (Lipinski definition) is 8. The van der Waals surface area contributed by atoms with E-state index in [2.05, 4.69) is 9.97 Å². The van der Waals surface area contributed by atoms with Crippen molar-refractivity contribution in [1.29, 1.82) is 0 Å². The summed E-state index contributed by atoms with van der Waals surface area (Å²) in [6.45, 7) is 1.70. The summed E-state index contributed by atoms with van der Waals surface area (Å²) in [5, 5.41) is 11.8. The molecule has 9 nitrogen and oxygen atoms in total. The van der Waals surface area contributed by atoms with E-state index >= 15 is 0 Å². The maximum absolute atomic E-state index is 13.7. The molecule has 0 aliphatic carbocycles. The molecule has 0 aliphatic heterocycles. The SMILES string of the molecule is COc1ccc(OC)c2sc(N(Cc3ccccn3)C(=O)c3cccc([N+](=O)[O-])c3C)nc12. The van der Waals surface area contributed by atoms with E-state index in [1.54, 1.807) is 57.7 Å². The average molecular weight is 465 g/mol. The van der Waals surface area contributed by atoms with E-state index in [1.165, 1.54) is 28.4 Å². The van der Waals surface area contributed by atoms with Gasteiger partial charge in [0.05, 0.1) is 31.4 Å². The van der Waals surface area contributed by atoms with Gasteiger partial charge in [0, 0.05) is 23.4 Å². The molecule has 1 amide bonds. The highest BCUT2D eigenvalue weighted by atomic mass is 32.1. The highest BCUT2D eigenvalue weighted by Gasteiger charge is 2.27. The molecule has 0 aliphatic rings. The first-order valence-electron chi connectivity index (χ1n) is 9.92. The topological polar surface area (TPSA) is 108 Å². The molecule has 2 aromatic carbocycles. The second kappa shape index (κ2) is 9.21. The van der Waals surface area contributed by atoms with Gasteiger partial charge in [0.25, 0.3) is 11.6 Å². The molecule has 4 rings (SSSR count). The van der Waals surface area contributed by atoms with Gasteiger partial charge in [-0.15, -0.1) is 0 Å². The lowest BCUT2D eigenvalue weighted by Crippen LogP contribution is -2.31. The number of nitro groups is 1. The van der Waals surface area contributed by atoms with E-state index < -0.39 is 10.8 Å². The monoisotopic (exact) mass is 464 g/mol. The molecular formula is C23H20N4O5S. The zero-order chi connectivity index (χ0) is 23.5. The van der Waals surface area contributed by atoms with Crippen molar-refractivity contribution in [3.05, 3.63) is 81.7 Å². The normalized spacial score (nSPS) is 10.8. The number of pyridine rings is 1. The summed E-state index contributed by atoms with van der Waals surface area (Å²) in [4.78, 5) is 35.1. The zero-order valence-electron chi connectivity index (χ0n) is 18.1. The maximum atomic E-state index is 13.7. The Bertz CT molecular complexity index is 1300. The van der Waals surface area contributed by atoms with E-state index in [0.29, 0.717) is 27.8 Å². The van der Waals surface area contributed by atoms with Gasteiger partial charge in [-0.05, 0) is 37.3 Å². The van der Waals surface area contributed by atoms with Gasteiger partial charge in [-0.25, -0.2) is 4.98 Å². The minimum Gasteiger partial charge on any atom is -0.495 e. The molecule has 2 aromatic heterocycles. The highest BCUT2D eigenvalue weighted by molar-refractivity contribution is 7.22. The average Bonchev–Trinajstić information content (AvgIpc) is 3.27. The molecule has 0 atom stereocenters. The molecule has 0 N–H and O–H groups in total. The van der Waals surface area contributed by atoms with E-state index in [0.717, 1.165) is 4.70 Å². The number of rotatable bonds is 7. The first kappa shape index (κ1) is 22.2. The lowest BCUT2D eigenvalue weighted by atomic mass is 10.1. The van der Waals surface area contributed by atoms with Crippen LogP contribution in [0.5, 0.6) is 11.5 Å². The Labute approximate surface area is 193 Å². The van der Waals surface area contributed by atoms with Gasteiger partial charge in [-0.3, -0.25) is 24.8 Å². The van der Waals surface area contributed by atoms with Crippen LogP contribution in [0, 0.1) is 17.0 Å². The first-order valence-corrected chi connectivity index (χ1v) is 10.7. The van der Waals surface area contributed by atoms with Crippen LogP contribution in [-0.4, -0.2) is 35.0 Å². The van der Waals surface area contributed by atoms with Gasteiger partial charge in [-0.1, -0.05) is 23.5 Å². The van der Waals surface area contributed by atoms with Crippen molar-refractivity contribution in [1.82, 2.24) is 9.97 Å². The molecule has 0 saturated heterocycles. The smallest absolute Gasteiger partial charge is 0.273 e. The van der Waals surface area contributed by atoms with Gasteiger partial charge in [-0.2, -0.15) is 0 Å². The Hall–Kier alpha value is -4.05. The van der Waals surface area contributed by atoms with Crippen LogP contribution in [0.4, 0.5) is 10.8 Å². The highest BCUT2D eigenvalue weighted by Crippen LogP contribution is 2.41. The molecule has 33 heavy (non-hydrogen) atoms. The summed E-state index contributed by atoms with van der Waals surface area (Å²) in [6.07, 6.45) is 1.64. The fourth-order valence-electron chi connectivity index (χ4n) is 3.47. The van der Waals surface area contributed by atoms with Crippen LogP contribution in [0.1, 0.15) is 21.6 Å². The Morgan fingerprint density at radius 3 is 2.52 bits per heavy atom. The summed E-state index contributed by atoms with van der Waals surface area (Å²) in [5.41, 5.74) is 1.60. The number of benzene rings is 2. The fourth-order valence-corrected chi connectivity index (χ4v) is 4.54. The molecule has 0 saturated carbocycles. The molecule has 0 bridgehead atoms. The summed E-state index contributed by atoms with van der Waals surface area (Å²) in [6, 6.07) is 13.4. The number of methoxy groups -OCH3 is 2. The Balaban J connectivity index is 1.87. The number of hydrogen-bond donors (Lipinski definition) is 0. The third kappa shape index (κ3) is 4.20. The lowest BCUT2D eigenvalue weighted by molar-refractivity contribution is -0.385. The Morgan fingerprint density at radius 1 is 1.09 bits per heavy atom. The van der Waals surface area contributed by atoms with E-state index in [4.69, 9.17) is 9.47 Å². The largest absolute Gasteiger partial charge is 0.495 e. The number of nitro benzene ring substituents is 1. The summed E-state index contributed by atoms with van der Waals surface area (Å²) < 4.78 is 11.6. The third-order valence-corrected chi connectivity index (χ3v) is 6.25. The molecule has 0 spiro atoms. The summed E-state index contributed by atoms with van der Waals surface area (Å²) in [5.74, 6) is 0.732. The number of amides is 1. The molecule has 0 radical (unpaired) electrons. The number of ether oxygens (including phenoxy) is 2. The predicted molar refractivity (Wildman–Crippen MR) is 125 cm³/mol. The number of aromatic nitrogens is 2. The van der Waals surface area contributed by atoms with Gasteiger partial charge in [0.2, 0.25) is 0 Å². The van der Waals surface area contributed by atoms with Crippen LogP contribution in [0.2, 0.25) is 0 Å². The van der Waals surface area contributed by atoms with E-state index in [9.17, 15) is 14.9 Å². The number of fused-ring (bicyclic) bond motifs is 1. The van der Waals surface area contributed by atoms with E-state index in [1.807, 2.05) is 6.07 Å². The molecule has 168 valence electrons. The fraction of sp³-hybridized carbons (Fsp3) is 0.174. The minimum absolute atomic E-state index is 0.119. The van der Waals surface area contributed by atoms with Crippen LogP contribution in [0.25, 0.3) is 10.2 Å². The van der Waals surface area contributed by atoms with E-state index in [-0.39, 0.29) is 23.4 Å². The minimum atomic E-state index is -0.497. The number of carbonyl (C=O) groups excluding carboxylic acids is 1. The van der Waals surface area contributed by atoms with Crippen molar-refractivity contribution in [3.63, 3.8) is 0 Å². The van der Waals surface area contributed by atoms with Gasteiger partial charge >= 0.3 is 0 Å². The van der Waals surface area contributed by atoms with Gasteiger partial charge in [0.1, 0.15) is 21.7 Å². The van der Waals surface area contributed by atoms with Crippen molar-refractivity contribution in [2.45, 2.75) is 13.5 Å². The van der Waals surface area contributed by atoms with Crippen molar-refractivity contribution >= 4 is 38.3 Å². The quantitative estimate of drug-likeness (QED) is 0.286. The number of thiazole rings is 1. The van der Waals surface area contributed by atoms with Crippen molar-refractivity contribution < 1.29 is 19.2 Å². The van der Waals surface area contributed by atoms with Gasteiger partial charge < -0.3 is 9.47 Å². The van der Waals surface area contributed by atoms with Crippen LogP contribution in [0.3, 0.4) is 0 Å². The Kier molecular flexibility index (Phi) is 6.18. The number of anilines is 1. The van der Waals surface area contributed by atoms with Crippen LogP contribution < -0.4 is 14.4 Å². The van der Waals surface area contributed by atoms with Crippen LogP contribution in [0.15, 0.2) is 54.7 Å². The molecule has 4 aromatic rings. The van der Waals surface area contributed by atoms with Crippen LogP contribution in [-0.2, 0) is 6.54 Å². The van der Waals surface area contributed by atoms with Crippen LogP contribution >= 0.6 is 11.3 Å². The van der Waals surface area contributed by atoms with Crippen molar-refractivity contribution in [3.8, 4) is 11.5 Å². The number of carbonyl (C=O) groups is 1. The third-order valence-electron chi connectivity index (χ3n) is 5.15. The summed E-state index contributed by atoms with van der Waals surface area (Å²) in [7, 11) is 3.10. The molecule has 10 heteroatoms. The second-order valence-electron chi connectivity index (χ2n) is 7.06. The van der Waals surface area contributed by atoms with Crippen molar-refractivity contribution in [2.75, 3.05) is 19.1 Å². The maximum Gasteiger partial charge on any atom is 0.273 e. The lowest BCUT2D eigenvalue weighted by Gasteiger charge is -2.20. The molecule has 0 unspecified atom stereocenters. The number of nitrogens with zero attached hydrogens (tertiary/aromatic N) is 4.